The standard InChI is InChI=1S/C19H26.H2/c1-6-19-15(4)10-17(11-16(19)5)12-18-8-7-13(2)9-14(18)3;/h7,9-11,18H,6,8,12H2,1-5H3;1H/t18-;/m1./s1. The van der Waals surface area contributed by atoms with Crippen LogP contribution in [0.15, 0.2) is 35.4 Å². The third kappa shape index (κ3) is 3.18. The quantitative estimate of drug-likeness (QED) is 0.663. The largest absolute Gasteiger partial charge is 0.0810 e. The molecule has 0 heteroatoms. The molecule has 0 aromatic heterocycles. The second-order valence-corrected chi connectivity index (χ2v) is 6.03. The highest BCUT2D eigenvalue weighted by Gasteiger charge is 2.15. The molecule has 0 aliphatic heterocycles. The van der Waals surface area contributed by atoms with Gasteiger partial charge in [-0.05, 0) is 75.1 Å². The van der Waals surface area contributed by atoms with Crippen LogP contribution in [-0.4, -0.2) is 0 Å². The highest BCUT2D eigenvalue weighted by atomic mass is 14.2. The maximum Gasteiger partial charge on any atom is 0 e. The topological polar surface area (TPSA) is 0 Å². The fraction of sp³-hybridized carbons (Fsp3) is 0.474. The first-order valence-corrected chi connectivity index (χ1v) is 7.45. The normalized spacial score (nSPS) is 19.1. The summed E-state index contributed by atoms with van der Waals surface area (Å²) in [5, 5.41) is 0. The van der Waals surface area contributed by atoms with Crippen molar-refractivity contribution in [2.75, 3.05) is 0 Å². The molecule has 19 heavy (non-hydrogen) atoms. The first-order valence-electron chi connectivity index (χ1n) is 7.45. The molecular formula is C19H28. The molecule has 1 aromatic carbocycles. The summed E-state index contributed by atoms with van der Waals surface area (Å²) in [6.07, 6.45) is 8.23. The van der Waals surface area contributed by atoms with E-state index in [-0.39, 0.29) is 1.43 Å². The van der Waals surface area contributed by atoms with Crippen molar-refractivity contribution < 1.29 is 1.43 Å². The van der Waals surface area contributed by atoms with E-state index < -0.39 is 0 Å². The molecule has 0 N–H and O–H groups in total. The molecule has 1 aromatic rings. The van der Waals surface area contributed by atoms with Gasteiger partial charge in [0.05, 0.1) is 0 Å². The van der Waals surface area contributed by atoms with Gasteiger partial charge in [-0.3, -0.25) is 0 Å². The Hall–Kier alpha value is -1.30. The first kappa shape index (κ1) is 14.1. The van der Waals surface area contributed by atoms with Crippen LogP contribution in [0.25, 0.3) is 0 Å². The zero-order chi connectivity index (χ0) is 14.0. The van der Waals surface area contributed by atoms with Crippen molar-refractivity contribution in [1.82, 2.24) is 0 Å². The molecule has 0 nitrogen and oxygen atoms in total. The van der Waals surface area contributed by atoms with E-state index in [1.807, 2.05) is 0 Å². The fourth-order valence-electron chi connectivity index (χ4n) is 3.34. The summed E-state index contributed by atoms with van der Waals surface area (Å²) >= 11 is 0. The second kappa shape index (κ2) is 5.77. The maximum atomic E-state index is 2.39. The predicted octanol–water partition coefficient (Wildman–Crippen LogP) is 5.57. The molecule has 0 fully saturated rings. The Kier molecular flexibility index (Phi) is 4.29. The molecule has 1 aliphatic carbocycles. The molecule has 0 heterocycles. The Morgan fingerprint density at radius 2 is 1.74 bits per heavy atom. The van der Waals surface area contributed by atoms with E-state index in [9.17, 15) is 0 Å². The fourth-order valence-corrected chi connectivity index (χ4v) is 3.34. The van der Waals surface area contributed by atoms with Gasteiger partial charge in [-0.1, -0.05) is 42.4 Å². The van der Waals surface area contributed by atoms with E-state index >= 15 is 0 Å². The zero-order valence-electron chi connectivity index (χ0n) is 13.0. The summed E-state index contributed by atoms with van der Waals surface area (Å²) in [7, 11) is 0. The predicted molar refractivity (Wildman–Crippen MR) is 86.7 cm³/mol. The van der Waals surface area contributed by atoms with Gasteiger partial charge in [-0.25, -0.2) is 0 Å². The van der Waals surface area contributed by atoms with Gasteiger partial charge in [0.1, 0.15) is 0 Å². The van der Waals surface area contributed by atoms with Crippen LogP contribution in [0.1, 0.15) is 50.9 Å². The van der Waals surface area contributed by atoms with E-state index in [0.717, 1.165) is 6.42 Å². The van der Waals surface area contributed by atoms with E-state index in [1.54, 1.807) is 0 Å². The van der Waals surface area contributed by atoms with Crippen molar-refractivity contribution in [1.29, 1.82) is 0 Å². The first-order chi connectivity index (χ1) is 9.01. The molecule has 2 rings (SSSR count). The van der Waals surface area contributed by atoms with E-state index in [4.69, 9.17) is 0 Å². The minimum absolute atomic E-state index is 0. The minimum atomic E-state index is 0. The Morgan fingerprint density at radius 1 is 1.11 bits per heavy atom. The van der Waals surface area contributed by atoms with Crippen molar-refractivity contribution >= 4 is 0 Å². The van der Waals surface area contributed by atoms with Crippen molar-refractivity contribution in [3.05, 3.63) is 57.7 Å². The summed E-state index contributed by atoms with van der Waals surface area (Å²) < 4.78 is 0. The van der Waals surface area contributed by atoms with E-state index in [1.165, 1.54) is 46.2 Å². The third-order valence-electron chi connectivity index (χ3n) is 4.42. The average Bonchev–Trinajstić information content (AvgIpc) is 2.32. The van der Waals surface area contributed by atoms with E-state index in [0.29, 0.717) is 5.92 Å². The zero-order valence-corrected chi connectivity index (χ0v) is 13.0. The number of hydrogen-bond acceptors (Lipinski definition) is 0. The smallest absolute Gasteiger partial charge is 0 e. The van der Waals surface area contributed by atoms with Crippen LogP contribution in [0, 0.1) is 19.8 Å². The Labute approximate surface area is 119 Å². The van der Waals surface area contributed by atoms with Crippen molar-refractivity contribution in [2.24, 2.45) is 5.92 Å². The lowest BCUT2D eigenvalue weighted by molar-refractivity contribution is 0.608. The number of rotatable bonds is 3. The highest BCUT2D eigenvalue weighted by Crippen LogP contribution is 2.28. The number of aryl methyl sites for hydroxylation is 2. The van der Waals surface area contributed by atoms with Gasteiger partial charge in [0.15, 0.2) is 0 Å². The molecule has 1 aliphatic rings. The highest BCUT2D eigenvalue weighted by molar-refractivity contribution is 5.39. The summed E-state index contributed by atoms with van der Waals surface area (Å²) in [4.78, 5) is 0. The maximum absolute atomic E-state index is 2.39. The van der Waals surface area contributed by atoms with Crippen LogP contribution in [0.2, 0.25) is 0 Å². The van der Waals surface area contributed by atoms with Crippen LogP contribution in [0.5, 0.6) is 0 Å². The van der Waals surface area contributed by atoms with Gasteiger partial charge >= 0.3 is 0 Å². The molecular weight excluding hydrogens is 228 g/mol. The lowest BCUT2D eigenvalue weighted by Gasteiger charge is -2.21. The lowest BCUT2D eigenvalue weighted by atomic mass is 9.84. The number of benzene rings is 1. The summed E-state index contributed by atoms with van der Waals surface area (Å²) in [6, 6.07) is 4.79. The van der Waals surface area contributed by atoms with Crippen molar-refractivity contribution in [3.63, 3.8) is 0 Å². The van der Waals surface area contributed by atoms with Gasteiger partial charge in [-0.2, -0.15) is 0 Å². The molecule has 0 saturated heterocycles. The monoisotopic (exact) mass is 256 g/mol. The minimum Gasteiger partial charge on any atom is -0.0810 e. The SMILES string of the molecule is CCc1c(C)cc(C[C@H]2CC=C(C)C=C2C)cc1C.[HH]. The molecule has 0 unspecified atom stereocenters. The van der Waals surface area contributed by atoms with Crippen molar-refractivity contribution in [2.45, 2.75) is 53.9 Å². The van der Waals surface area contributed by atoms with Crippen LogP contribution < -0.4 is 0 Å². The van der Waals surface area contributed by atoms with Gasteiger partial charge < -0.3 is 0 Å². The van der Waals surface area contributed by atoms with E-state index in [2.05, 4.69) is 58.9 Å². The molecule has 1 atom stereocenters. The molecule has 104 valence electrons. The number of hydrogen-bond donors (Lipinski definition) is 0. The average molecular weight is 256 g/mol. The van der Waals surface area contributed by atoms with Crippen molar-refractivity contribution in [3.8, 4) is 0 Å². The Balaban J connectivity index is 0.00000200. The summed E-state index contributed by atoms with van der Waals surface area (Å²) in [5.41, 5.74) is 8.90. The van der Waals surface area contributed by atoms with Crippen LogP contribution in [0.4, 0.5) is 0 Å². The Bertz CT molecular complexity index is 512. The molecule has 0 bridgehead atoms. The van der Waals surface area contributed by atoms with Gasteiger partial charge in [-0.15, -0.1) is 0 Å². The molecule has 0 saturated carbocycles. The summed E-state index contributed by atoms with van der Waals surface area (Å²) in [5.74, 6) is 0.690. The lowest BCUT2D eigenvalue weighted by Crippen LogP contribution is -2.09. The molecule has 0 amide bonds. The van der Waals surface area contributed by atoms with Gasteiger partial charge in [0.2, 0.25) is 0 Å². The second-order valence-electron chi connectivity index (χ2n) is 6.03. The number of allylic oxidation sites excluding steroid dienone is 4. The Morgan fingerprint density at radius 3 is 2.26 bits per heavy atom. The van der Waals surface area contributed by atoms with Gasteiger partial charge in [0.25, 0.3) is 0 Å². The van der Waals surface area contributed by atoms with Crippen LogP contribution in [-0.2, 0) is 12.8 Å². The molecule has 0 spiro atoms. The van der Waals surface area contributed by atoms with Crippen LogP contribution in [0.3, 0.4) is 0 Å². The molecule has 0 radical (unpaired) electrons. The summed E-state index contributed by atoms with van der Waals surface area (Å²) in [6.45, 7) is 11.2. The van der Waals surface area contributed by atoms with Gasteiger partial charge in [0, 0.05) is 1.43 Å². The third-order valence-corrected chi connectivity index (χ3v) is 4.42. The van der Waals surface area contributed by atoms with Crippen LogP contribution >= 0.6 is 0 Å².